The first-order valence-electron chi connectivity index (χ1n) is 6.38. The predicted octanol–water partition coefficient (Wildman–Crippen LogP) is 3.12. The van der Waals surface area contributed by atoms with Crippen molar-refractivity contribution < 1.29 is 9.47 Å². The summed E-state index contributed by atoms with van der Waals surface area (Å²) in [5.41, 5.74) is 3.02. The Bertz CT molecular complexity index is 846. The number of H-pyrrole nitrogens is 1. The van der Waals surface area contributed by atoms with Crippen LogP contribution in [-0.4, -0.2) is 24.2 Å². The molecule has 0 spiro atoms. The Morgan fingerprint density at radius 2 is 2.00 bits per heavy atom. The summed E-state index contributed by atoms with van der Waals surface area (Å²) in [7, 11) is 3.19. The molecule has 0 aliphatic heterocycles. The van der Waals surface area contributed by atoms with E-state index < -0.39 is 0 Å². The van der Waals surface area contributed by atoms with Gasteiger partial charge in [0.05, 0.1) is 42.4 Å². The van der Waals surface area contributed by atoms with Crippen LogP contribution in [0.3, 0.4) is 0 Å². The van der Waals surface area contributed by atoms with Crippen LogP contribution in [0.1, 0.15) is 5.56 Å². The molecule has 2 aromatic carbocycles. The molecule has 0 aliphatic rings. The Morgan fingerprint density at radius 3 is 2.71 bits per heavy atom. The fraction of sp³-hybridized carbons (Fsp3) is 0.125. The van der Waals surface area contributed by atoms with Gasteiger partial charge < -0.3 is 14.5 Å². The highest BCUT2D eigenvalue weighted by Crippen LogP contribution is 2.37. The highest BCUT2D eigenvalue weighted by atomic mass is 16.5. The summed E-state index contributed by atoms with van der Waals surface area (Å²) in [5.74, 6) is 1.95. The normalized spacial score (nSPS) is 10.3. The van der Waals surface area contributed by atoms with Crippen LogP contribution in [0.4, 0.5) is 0 Å². The first kappa shape index (κ1) is 13.0. The summed E-state index contributed by atoms with van der Waals surface area (Å²) >= 11 is 0. The summed E-state index contributed by atoms with van der Waals surface area (Å²) in [6.07, 6.45) is 0. The van der Waals surface area contributed by atoms with E-state index in [0.717, 1.165) is 16.6 Å². The van der Waals surface area contributed by atoms with Gasteiger partial charge in [0.15, 0.2) is 11.5 Å². The minimum atomic E-state index is 0.593. The smallest absolute Gasteiger partial charge is 0.171 e. The van der Waals surface area contributed by atoms with Gasteiger partial charge in [-0.3, -0.25) is 0 Å². The number of nitrogens with zero attached hydrogens (tertiary/aromatic N) is 2. The van der Waals surface area contributed by atoms with Crippen molar-refractivity contribution in [3.8, 4) is 29.0 Å². The SMILES string of the molecule is COc1cccc(-c2nc3ccc(C#N)cc3[nH]2)c1OC. The largest absolute Gasteiger partial charge is 0.493 e. The molecule has 0 radical (unpaired) electrons. The van der Waals surface area contributed by atoms with E-state index in [1.165, 1.54) is 0 Å². The van der Waals surface area contributed by atoms with Crippen molar-refractivity contribution in [2.45, 2.75) is 0 Å². The molecule has 0 atom stereocenters. The maximum absolute atomic E-state index is 8.95. The van der Waals surface area contributed by atoms with Gasteiger partial charge >= 0.3 is 0 Å². The lowest BCUT2D eigenvalue weighted by Gasteiger charge is -2.10. The molecule has 0 bridgehead atoms. The Kier molecular flexibility index (Phi) is 3.20. The van der Waals surface area contributed by atoms with Crippen LogP contribution in [0, 0.1) is 11.3 Å². The Hall–Kier alpha value is -3.00. The number of aromatic nitrogens is 2. The van der Waals surface area contributed by atoms with Crippen molar-refractivity contribution in [1.82, 2.24) is 9.97 Å². The predicted molar refractivity (Wildman–Crippen MR) is 79.3 cm³/mol. The molecule has 1 heterocycles. The highest BCUT2D eigenvalue weighted by Gasteiger charge is 2.14. The van der Waals surface area contributed by atoms with Crippen LogP contribution >= 0.6 is 0 Å². The lowest BCUT2D eigenvalue weighted by atomic mass is 10.1. The topological polar surface area (TPSA) is 70.9 Å². The number of ether oxygens (including phenoxy) is 2. The number of methoxy groups -OCH3 is 2. The second-order valence-electron chi connectivity index (χ2n) is 4.47. The maximum atomic E-state index is 8.95. The second kappa shape index (κ2) is 5.17. The van der Waals surface area contributed by atoms with Gasteiger partial charge in [0.1, 0.15) is 5.82 Å². The summed E-state index contributed by atoms with van der Waals surface area (Å²) in [6, 6.07) is 13.1. The van der Waals surface area contributed by atoms with Gasteiger partial charge in [-0.15, -0.1) is 0 Å². The number of rotatable bonds is 3. The highest BCUT2D eigenvalue weighted by molar-refractivity contribution is 5.82. The number of hydrogen-bond acceptors (Lipinski definition) is 4. The zero-order chi connectivity index (χ0) is 14.8. The molecule has 0 fully saturated rings. The second-order valence-corrected chi connectivity index (χ2v) is 4.47. The van der Waals surface area contributed by atoms with Crippen molar-refractivity contribution in [3.05, 3.63) is 42.0 Å². The first-order chi connectivity index (χ1) is 10.3. The lowest BCUT2D eigenvalue weighted by molar-refractivity contribution is 0.356. The molecular weight excluding hydrogens is 266 g/mol. The van der Waals surface area contributed by atoms with E-state index in [1.54, 1.807) is 26.4 Å². The van der Waals surface area contributed by atoms with E-state index in [4.69, 9.17) is 14.7 Å². The Labute approximate surface area is 121 Å². The van der Waals surface area contributed by atoms with Crippen LogP contribution in [-0.2, 0) is 0 Å². The van der Waals surface area contributed by atoms with Crippen LogP contribution in [0.2, 0.25) is 0 Å². The minimum absolute atomic E-state index is 0.593. The Balaban J connectivity index is 2.19. The molecule has 21 heavy (non-hydrogen) atoms. The summed E-state index contributed by atoms with van der Waals surface area (Å²) in [6.45, 7) is 0. The number of nitrogens with one attached hydrogen (secondary N) is 1. The third kappa shape index (κ3) is 2.17. The number of fused-ring (bicyclic) bond motifs is 1. The van der Waals surface area contributed by atoms with Gasteiger partial charge in [-0.1, -0.05) is 6.07 Å². The third-order valence-corrected chi connectivity index (χ3v) is 3.27. The average Bonchev–Trinajstić information content (AvgIpc) is 2.96. The molecule has 0 unspecified atom stereocenters. The van der Waals surface area contributed by atoms with Gasteiger partial charge in [0.25, 0.3) is 0 Å². The van der Waals surface area contributed by atoms with Crippen LogP contribution < -0.4 is 9.47 Å². The molecule has 0 aliphatic carbocycles. The van der Waals surface area contributed by atoms with Crippen molar-refractivity contribution >= 4 is 11.0 Å². The number of imidazole rings is 1. The van der Waals surface area contributed by atoms with E-state index in [0.29, 0.717) is 22.9 Å². The summed E-state index contributed by atoms with van der Waals surface area (Å²) < 4.78 is 10.7. The fourth-order valence-corrected chi connectivity index (χ4v) is 2.28. The van der Waals surface area contributed by atoms with E-state index >= 15 is 0 Å². The summed E-state index contributed by atoms with van der Waals surface area (Å²) in [5, 5.41) is 8.95. The molecular formula is C16H13N3O2. The standard InChI is InChI=1S/C16H13N3O2/c1-20-14-5-3-4-11(15(14)21-2)16-18-12-7-6-10(9-17)8-13(12)19-16/h3-8H,1-2H3,(H,18,19). The van der Waals surface area contributed by atoms with Crippen LogP contribution in [0.15, 0.2) is 36.4 Å². The van der Waals surface area contributed by atoms with Gasteiger partial charge in [-0.2, -0.15) is 5.26 Å². The number of para-hydroxylation sites is 1. The molecule has 3 rings (SSSR count). The number of aromatic amines is 1. The quantitative estimate of drug-likeness (QED) is 0.799. The molecule has 0 amide bonds. The minimum Gasteiger partial charge on any atom is -0.493 e. The molecule has 5 heteroatoms. The molecule has 0 saturated carbocycles. The van der Waals surface area contributed by atoms with Crippen molar-refractivity contribution in [2.24, 2.45) is 0 Å². The van der Waals surface area contributed by atoms with E-state index in [9.17, 15) is 0 Å². The fourth-order valence-electron chi connectivity index (χ4n) is 2.28. The van der Waals surface area contributed by atoms with Gasteiger partial charge in [-0.25, -0.2) is 4.98 Å². The molecule has 1 N–H and O–H groups in total. The maximum Gasteiger partial charge on any atom is 0.171 e. The molecule has 1 aromatic heterocycles. The average molecular weight is 279 g/mol. The van der Waals surface area contributed by atoms with Crippen molar-refractivity contribution in [3.63, 3.8) is 0 Å². The monoisotopic (exact) mass is 279 g/mol. The molecule has 0 saturated heterocycles. The summed E-state index contributed by atoms with van der Waals surface area (Å²) in [4.78, 5) is 7.76. The number of nitriles is 1. The molecule has 3 aromatic rings. The van der Waals surface area contributed by atoms with Gasteiger partial charge in [0, 0.05) is 0 Å². The third-order valence-electron chi connectivity index (χ3n) is 3.27. The zero-order valence-electron chi connectivity index (χ0n) is 11.7. The van der Waals surface area contributed by atoms with E-state index in [1.807, 2.05) is 24.3 Å². The van der Waals surface area contributed by atoms with Gasteiger partial charge in [0.2, 0.25) is 0 Å². The van der Waals surface area contributed by atoms with Crippen LogP contribution in [0.25, 0.3) is 22.4 Å². The molecule has 104 valence electrons. The van der Waals surface area contributed by atoms with E-state index in [2.05, 4.69) is 16.0 Å². The Morgan fingerprint density at radius 1 is 1.14 bits per heavy atom. The van der Waals surface area contributed by atoms with Crippen molar-refractivity contribution in [2.75, 3.05) is 14.2 Å². The van der Waals surface area contributed by atoms with Crippen molar-refractivity contribution in [1.29, 1.82) is 5.26 Å². The zero-order valence-corrected chi connectivity index (χ0v) is 11.7. The first-order valence-corrected chi connectivity index (χ1v) is 6.38. The lowest BCUT2D eigenvalue weighted by Crippen LogP contribution is -1.93. The number of hydrogen-bond donors (Lipinski definition) is 1. The molecule has 5 nitrogen and oxygen atoms in total. The van der Waals surface area contributed by atoms with Crippen LogP contribution in [0.5, 0.6) is 11.5 Å². The van der Waals surface area contributed by atoms with E-state index in [-0.39, 0.29) is 0 Å². The van der Waals surface area contributed by atoms with Gasteiger partial charge in [-0.05, 0) is 30.3 Å². The number of benzene rings is 2.